The predicted octanol–water partition coefficient (Wildman–Crippen LogP) is 3.35. The number of benzene rings is 1. The number of piperidine rings is 1. The average molecular weight is 344 g/mol. The van der Waals surface area contributed by atoms with Crippen LogP contribution in [0.2, 0.25) is 0 Å². The smallest absolute Gasteiger partial charge is 0.318 e. The summed E-state index contributed by atoms with van der Waals surface area (Å²) in [7, 11) is 3.56. The van der Waals surface area contributed by atoms with Crippen LogP contribution >= 0.6 is 0 Å². The molecule has 1 aliphatic rings. The lowest BCUT2D eigenvalue weighted by molar-refractivity contribution is 0.279. The van der Waals surface area contributed by atoms with Gasteiger partial charge in [-0.05, 0) is 30.5 Å². The molecule has 7 heteroatoms. The lowest BCUT2D eigenvalue weighted by atomic mass is 10.1. The van der Waals surface area contributed by atoms with Gasteiger partial charge >= 0.3 is 6.01 Å². The van der Waals surface area contributed by atoms with Gasteiger partial charge in [-0.1, -0.05) is 12.1 Å². The van der Waals surface area contributed by atoms with Gasteiger partial charge in [-0.15, -0.1) is 0 Å². The van der Waals surface area contributed by atoms with Crippen LogP contribution in [0.5, 0.6) is 11.8 Å². The Bertz CT molecular complexity index is 766. The molecular weight excluding hydrogens is 323 g/mol. The summed E-state index contributed by atoms with van der Waals surface area (Å²) in [5.74, 6) is 1.04. The Morgan fingerprint density at radius 1 is 1.32 bits per heavy atom. The van der Waals surface area contributed by atoms with Crippen LogP contribution in [0.3, 0.4) is 0 Å². The van der Waals surface area contributed by atoms with Crippen molar-refractivity contribution in [1.82, 2.24) is 14.9 Å². The summed E-state index contributed by atoms with van der Waals surface area (Å²) in [5.41, 5.74) is 0.909. The van der Waals surface area contributed by atoms with Crippen molar-refractivity contribution in [3.05, 3.63) is 41.8 Å². The SMILES string of the molecule is COc1cccc(COc2ncc(F)c(N=C3CCCCN3C)n2)c1. The molecule has 0 atom stereocenters. The van der Waals surface area contributed by atoms with Crippen LogP contribution in [0.1, 0.15) is 24.8 Å². The molecule has 1 aliphatic heterocycles. The van der Waals surface area contributed by atoms with Crippen molar-refractivity contribution in [3.63, 3.8) is 0 Å². The van der Waals surface area contributed by atoms with E-state index >= 15 is 0 Å². The minimum Gasteiger partial charge on any atom is -0.497 e. The molecule has 25 heavy (non-hydrogen) atoms. The Labute approximate surface area is 146 Å². The van der Waals surface area contributed by atoms with E-state index in [1.165, 1.54) is 0 Å². The van der Waals surface area contributed by atoms with E-state index in [1.807, 2.05) is 36.2 Å². The molecule has 0 radical (unpaired) electrons. The van der Waals surface area contributed by atoms with Crippen LogP contribution in [0.25, 0.3) is 0 Å². The number of nitrogens with zero attached hydrogens (tertiary/aromatic N) is 4. The molecule has 6 nitrogen and oxygen atoms in total. The van der Waals surface area contributed by atoms with Crippen LogP contribution in [0.15, 0.2) is 35.5 Å². The van der Waals surface area contributed by atoms with E-state index in [2.05, 4.69) is 15.0 Å². The second-order valence-electron chi connectivity index (χ2n) is 5.87. The lowest BCUT2D eigenvalue weighted by Gasteiger charge is -2.25. The van der Waals surface area contributed by atoms with Gasteiger partial charge in [-0.2, -0.15) is 4.98 Å². The lowest BCUT2D eigenvalue weighted by Crippen LogP contribution is -2.31. The van der Waals surface area contributed by atoms with Crippen LogP contribution in [-0.4, -0.2) is 41.4 Å². The van der Waals surface area contributed by atoms with Crippen LogP contribution in [0, 0.1) is 5.82 Å². The van der Waals surface area contributed by atoms with Crippen molar-refractivity contribution in [2.45, 2.75) is 25.9 Å². The first-order valence-electron chi connectivity index (χ1n) is 8.22. The Morgan fingerprint density at radius 2 is 2.20 bits per heavy atom. The Balaban J connectivity index is 1.73. The summed E-state index contributed by atoms with van der Waals surface area (Å²) in [6.07, 6.45) is 4.09. The minimum absolute atomic E-state index is 0.0133. The second-order valence-corrected chi connectivity index (χ2v) is 5.87. The molecule has 1 aromatic heterocycles. The highest BCUT2D eigenvalue weighted by Crippen LogP contribution is 2.21. The van der Waals surface area contributed by atoms with Crippen molar-refractivity contribution < 1.29 is 13.9 Å². The molecule has 0 amide bonds. The molecular formula is C18H21FN4O2. The van der Waals surface area contributed by atoms with Gasteiger partial charge < -0.3 is 14.4 Å². The number of rotatable bonds is 5. The number of aliphatic imine (C=N–C) groups is 1. The zero-order chi connectivity index (χ0) is 17.6. The number of halogens is 1. The van der Waals surface area contributed by atoms with E-state index in [9.17, 15) is 4.39 Å². The molecule has 1 saturated heterocycles. The van der Waals surface area contributed by atoms with Crippen molar-refractivity contribution in [3.8, 4) is 11.8 Å². The maximum Gasteiger partial charge on any atom is 0.318 e. The third-order valence-corrected chi connectivity index (χ3v) is 4.03. The first kappa shape index (κ1) is 17.1. The summed E-state index contributed by atoms with van der Waals surface area (Å²) in [6, 6.07) is 7.60. The van der Waals surface area contributed by atoms with E-state index in [-0.39, 0.29) is 18.4 Å². The van der Waals surface area contributed by atoms with Crippen molar-refractivity contribution in [1.29, 1.82) is 0 Å². The third-order valence-electron chi connectivity index (χ3n) is 4.03. The van der Waals surface area contributed by atoms with Gasteiger partial charge in [0, 0.05) is 20.0 Å². The molecule has 3 rings (SSSR count). The van der Waals surface area contributed by atoms with Gasteiger partial charge in [-0.25, -0.2) is 14.4 Å². The number of likely N-dealkylation sites (tertiary alicyclic amines) is 1. The van der Waals surface area contributed by atoms with Crippen LogP contribution in [0.4, 0.5) is 10.2 Å². The van der Waals surface area contributed by atoms with Crippen LogP contribution in [-0.2, 0) is 6.61 Å². The van der Waals surface area contributed by atoms with E-state index in [1.54, 1.807) is 7.11 Å². The maximum atomic E-state index is 14.0. The average Bonchev–Trinajstić information content (AvgIpc) is 2.64. The maximum absolute atomic E-state index is 14.0. The Morgan fingerprint density at radius 3 is 3.00 bits per heavy atom. The summed E-state index contributed by atoms with van der Waals surface area (Å²) < 4.78 is 24.7. The highest BCUT2D eigenvalue weighted by atomic mass is 19.1. The minimum atomic E-state index is -0.555. The third kappa shape index (κ3) is 4.43. The second kappa shape index (κ2) is 7.92. The normalized spacial score (nSPS) is 16.1. The quantitative estimate of drug-likeness (QED) is 0.832. The fraction of sp³-hybridized carbons (Fsp3) is 0.389. The summed E-state index contributed by atoms with van der Waals surface area (Å²) in [5, 5.41) is 0. The van der Waals surface area contributed by atoms with Crippen LogP contribution < -0.4 is 9.47 Å². The molecule has 0 saturated carbocycles. The molecule has 0 unspecified atom stereocenters. The standard InChI is InChI=1S/C18H21FN4O2/c1-23-9-4-3-8-16(23)21-17-15(19)11-20-18(22-17)25-12-13-6-5-7-14(10-13)24-2/h5-7,10-11H,3-4,8-9,12H2,1-2H3. The fourth-order valence-corrected chi connectivity index (χ4v) is 2.62. The predicted molar refractivity (Wildman–Crippen MR) is 92.9 cm³/mol. The van der Waals surface area contributed by atoms with Gasteiger partial charge in [0.25, 0.3) is 0 Å². The summed E-state index contributed by atoms with van der Waals surface area (Å²) in [4.78, 5) is 14.4. The molecule has 0 bridgehead atoms. The van der Waals surface area contributed by atoms with Gasteiger partial charge in [-0.3, -0.25) is 0 Å². The van der Waals surface area contributed by atoms with Crippen molar-refractivity contribution in [2.24, 2.45) is 4.99 Å². The first-order chi connectivity index (χ1) is 12.2. The Hall–Kier alpha value is -2.70. The van der Waals surface area contributed by atoms with Gasteiger partial charge in [0.1, 0.15) is 18.2 Å². The summed E-state index contributed by atoms with van der Waals surface area (Å²) >= 11 is 0. The molecule has 0 aliphatic carbocycles. The molecule has 1 aromatic carbocycles. The van der Waals surface area contributed by atoms with E-state index in [0.29, 0.717) is 0 Å². The number of hydrogen-bond donors (Lipinski definition) is 0. The molecule has 1 fully saturated rings. The zero-order valence-corrected chi connectivity index (χ0v) is 14.4. The molecule has 2 heterocycles. The molecule has 0 N–H and O–H groups in total. The largest absolute Gasteiger partial charge is 0.497 e. The van der Waals surface area contributed by atoms with E-state index < -0.39 is 5.82 Å². The van der Waals surface area contributed by atoms with Gasteiger partial charge in [0.15, 0.2) is 11.6 Å². The first-order valence-corrected chi connectivity index (χ1v) is 8.22. The van der Waals surface area contributed by atoms with Gasteiger partial charge in [0.05, 0.1) is 13.3 Å². The zero-order valence-electron chi connectivity index (χ0n) is 14.4. The van der Waals surface area contributed by atoms with Crippen molar-refractivity contribution >= 4 is 11.7 Å². The fourth-order valence-electron chi connectivity index (χ4n) is 2.62. The van der Waals surface area contributed by atoms with E-state index in [0.717, 1.165) is 49.2 Å². The molecule has 0 spiro atoms. The molecule has 2 aromatic rings. The molecule has 132 valence electrons. The number of aromatic nitrogens is 2. The van der Waals surface area contributed by atoms with Crippen molar-refractivity contribution in [2.75, 3.05) is 20.7 Å². The number of hydrogen-bond acceptors (Lipinski definition) is 5. The highest BCUT2D eigenvalue weighted by molar-refractivity contribution is 5.84. The number of amidine groups is 1. The Kier molecular flexibility index (Phi) is 5.42. The highest BCUT2D eigenvalue weighted by Gasteiger charge is 2.15. The van der Waals surface area contributed by atoms with Gasteiger partial charge in [0.2, 0.25) is 0 Å². The van der Waals surface area contributed by atoms with E-state index in [4.69, 9.17) is 9.47 Å². The number of methoxy groups -OCH3 is 1. The summed E-state index contributed by atoms with van der Waals surface area (Å²) in [6.45, 7) is 1.18. The number of ether oxygens (including phenoxy) is 2. The monoisotopic (exact) mass is 344 g/mol. The topological polar surface area (TPSA) is 59.8 Å².